The van der Waals surface area contributed by atoms with E-state index in [0.29, 0.717) is 0 Å². The highest BCUT2D eigenvalue weighted by atomic mass is 16.6. The number of nitrogens with one attached hydrogen (secondary N) is 2. The second kappa shape index (κ2) is 8.44. The van der Waals surface area contributed by atoms with E-state index in [9.17, 15) is 24.0 Å². The number of carbonyl (C=O) groups is 3. The standard InChI is InChI=1S/C18H19N5O8/c1-5-6-22-12-13(20-17(19-8(2)24)21-14(12)26)23(18(22)28)15-10(30-9(3)25)7-11(31-15)16(27)29-4/h1,10-11,15H,6-7H2,2-4H3,(H2,19,20,21,24,26)/t10-,11+,15-/m1/s1. The van der Waals surface area contributed by atoms with E-state index in [1.165, 1.54) is 6.92 Å². The summed E-state index contributed by atoms with van der Waals surface area (Å²) in [5, 5.41) is 2.33. The van der Waals surface area contributed by atoms with E-state index in [-0.39, 0.29) is 30.1 Å². The second-order valence-electron chi connectivity index (χ2n) is 6.63. The number of anilines is 1. The van der Waals surface area contributed by atoms with Crippen LogP contribution in [0, 0.1) is 12.3 Å². The minimum absolute atomic E-state index is 0.0904. The molecule has 0 aliphatic carbocycles. The SMILES string of the molecule is C#CCn1c(=O)n([C@@H]2O[C@H](C(=O)OC)C[C@H]2OC(C)=O)c2nc(NC(C)=O)[nH]c(=O)c21. The number of rotatable bonds is 5. The molecule has 164 valence electrons. The summed E-state index contributed by atoms with van der Waals surface area (Å²) in [4.78, 5) is 67.2. The summed E-state index contributed by atoms with van der Waals surface area (Å²) in [7, 11) is 1.16. The summed E-state index contributed by atoms with van der Waals surface area (Å²) in [6.45, 7) is 2.10. The molecular formula is C18H19N5O8. The fourth-order valence-electron chi connectivity index (χ4n) is 3.34. The molecule has 1 fully saturated rings. The molecule has 31 heavy (non-hydrogen) atoms. The van der Waals surface area contributed by atoms with Crippen molar-refractivity contribution in [2.24, 2.45) is 0 Å². The van der Waals surface area contributed by atoms with Gasteiger partial charge >= 0.3 is 17.6 Å². The molecule has 3 atom stereocenters. The highest BCUT2D eigenvalue weighted by Gasteiger charge is 2.44. The molecule has 0 unspecified atom stereocenters. The van der Waals surface area contributed by atoms with Crippen molar-refractivity contribution >= 4 is 35.0 Å². The van der Waals surface area contributed by atoms with Crippen LogP contribution < -0.4 is 16.6 Å². The molecule has 3 rings (SSSR count). The first-order valence-electron chi connectivity index (χ1n) is 9.04. The zero-order valence-electron chi connectivity index (χ0n) is 16.8. The van der Waals surface area contributed by atoms with Crippen molar-refractivity contribution in [1.29, 1.82) is 0 Å². The van der Waals surface area contributed by atoms with Crippen LogP contribution in [0.1, 0.15) is 26.5 Å². The average Bonchev–Trinajstić information content (AvgIpc) is 3.19. The molecule has 0 spiro atoms. The number of aromatic amines is 1. The van der Waals surface area contributed by atoms with Gasteiger partial charge < -0.3 is 14.2 Å². The highest BCUT2D eigenvalue weighted by molar-refractivity contribution is 5.87. The van der Waals surface area contributed by atoms with Crippen molar-refractivity contribution in [2.75, 3.05) is 12.4 Å². The van der Waals surface area contributed by atoms with E-state index in [4.69, 9.17) is 15.9 Å². The van der Waals surface area contributed by atoms with E-state index in [1.54, 1.807) is 0 Å². The lowest BCUT2D eigenvalue weighted by atomic mass is 10.2. The first-order valence-corrected chi connectivity index (χ1v) is 9.04. The number of fused-ring (bicyclic) bond motifs is 1. The zero-order valence-corrected chi connectivity index (χ0v) is 16.8. The molecule has 0 saturated carbocycles. The monoisotopic (exact) mass is 433 g/mol. The number of amides is 1. The Morgan fingerprint density at radius 3 is 2.65 bits per heavy atom. The molecule has 2 N–H and O–H groups in total. The predicted octanol–water partition coefficient (Wildman–Crippen LogP) is -1.13. The van der Waals surface area contributed by atoms with Gasteiger partial charge in [0, 0.05) is 20.3 Å². The van der Waals surface area contributed by atoms with Gasteiger partial charge in [-0.25, -0.2) is 14.2 Å². The molecule has 0 bridgehead atoms. The maximum absolute atomic E-state index is 13.1. The van der Waals surface area contributed by atoms with Crippen molar-refractivity contribution in [3.8, 4) is 12.3 Å². The minimum atomic E-state index is -1.30. The Balaban J connectivity index is 2.25. The van der Waals surface area contributed by atoms with E-state index in [0.717, 1.165) is 23.2 Å². The Morgan fingerprint density at radius 2 is 2.06 bits per heavy atom. The summed E-state index contributed by atoms with van der Waals surface area (Å²) in [6, 6.07) is 0. The largest absolute Gasteiger partial charge is 0.467 e. The molecule has 1 amide bonds. The van der Waals surface area contributed by atoms with Gasteiger partial charge in [-0.3, -0.25) is 29.3 Å². The smallest absolute Gasteiger partial charge is 0.335 e. The Morgan fingerprint density at radius 1 is 1.35 bits per heavy atom. The summed E-state index contributed by atoms with van der Waals surface area (Å²) >= 11 is 0. The number of hydrogen-bond donors (Lipinski definition) is 2. The lowest BCUT2D eigenvalue weighted by molar-refractivity contribution is -0.158. The van der Waals surface area contributed by atoms with Crippen molar-refractivity contribution in [1.82, 2.24) is 19.1 Å². The van der Waals surface area contributed by atoms with Crippen LogP contribution in [0.5, 0.6) is 0 Å². The van der Waals surface area contributed by atoms with Gasteiger partial charge in [0.05, 0.1) is 13.7 Å². The number of ether oxygens (including phenoxy) is 3. The Bertz CT molecular complexity index is 1220. The van der Waals surface area contributed by atoms with Gasteiger partial charge in [0.2, 0.25) is 11.9 Å². The molecule has 0 aromatic carbocycles. The Hall–Kier alpha value is -3.92. The lowest BCUT2D eigenvalue weighted by Crippen LogP contribution is -2.33. The molecule has 2 aromatic rings. The maximum Gasteiger partial charge on any atom is 0.335 e. The summed E-state index contributed by atoms with van der Waals surface area (Å²) in [6.07, 6.45) is 1.75. The van der Waals surface area contributed by atoms with Crippen molar-refractivity contribution in [3.63, 3.8) is 0 Å². The number of aromatic nitrogens is 4. The first-order chi connectivity index (χ1) is 14.7. The van der Waals surface area contributed by atoms with Crippen LogP contribution >= 0.6 is 0 Å². The minimum Gasteiger partial charge on any atom is -0.467 e. The number of hydrogen-bond acceptors (Lipinski definition) is 9. The van der Waals surface area contributed by atoms with Crippen LogP contribution in [0.4, 0.5) is 5.95 Å². The Labute approximate surface area is 174 Å². The number of terminal acetylenes is 1. The van der Waals surface area contributed by atoms with Gasteiger partial charge in [-0.2, -0.15) is 4.98 Å². The fourth-order valence-corrected chi connectivity index (χ4v) is 3.34. The normalized spacial score (nSPS) is 20.3. The average molecular weight is 433 g/mol. The van der Waals surface area contributed by atoms with Crippen LogP contribution in [0.3, 0.4) is 0 Å². The molecule has 2 aromatic heterocycles. The van der Waals surface area contributed by atoms with E-state index < -0.39 is 47.5 Å². The third-order valence-corrected chi connectivity index (χ3v) is 4.46. The van der Waals surface area contributed by atoms with Crippen LogP contribution in [0.25, 0.3) is 11.2 Å². The van der Waals surface area contributed by atoms with Crippen molar-refractivity contribution in [3.05, 3.63) is 20.8 Å². The van der Waals surface area contributed by atoms with Crippen LogP contribution in [0.2, 0.25) is 0 Å². The molecule has 1 aliphatic rings. The molecule has 1 saturated heterocycles. The van der Waals surface area contributed by atoms with Gasteiger partial charge in [0.25, 0.3) is 5.56 Å². The molecule has 13 heteroatoms. The highest BCUT2D eigenvalue weighted by Crippen LogP contribution is 2.33. The second-order valence-corrected chi connectivity index (χ2v) is 6.63. The predicted molar refractivity (Wildman–Crippen MR) is 104 cm³/mol. The fraction of sp³-hybridized carbons (Fsp3) is 0.444. The van der Waals surface area contributed by atoms with Crippen LogP contribution in [0.15, 0.2) is 9.59 Å². The van der Waals surface area contributed by atoms with Gasteiger partial charge in [0.15, 0.2) is 29.6 Å². The summed E-state index contributed by atoms with van der Waals surface area (Å²) < 4.78 is 17.5. The topological polar surface area (TPSA) is 164 Å². The Kier molecular flexibility index (Phi) is 5.93. The first kappa shape index (κ1) is 21.8. The summed E-state index contributed by atoms with van der Waals surface area (Å²) in [5.41, 5.74) is -1.88. The summed E-state index contributed by atoms with van der Waals surface area (Å²) in [5.74, 6) is 0.137. The number of carbonyl (C=O) groups excluding carboxylic acids is 3. The third-order valence-electron chi connectivity index (χ3n) is 4.46. The number of nitrogens with zero attached hydrogens (tertiary/aromatic N) is 3. The van der Waals surface area contributed by atoms with Gasteiger partial charge in [-0.05, 0) is 0 Å². The van der Waals surface area contributed by atoms with E-state index >= 15 is 0 Å². The number of methoxy groups -OCH3 is 1. The number of esters is 2. The van der Waals surface area contributed by atoms with Crippen molar-refractivity contribution in [2.45, 2.75) is 45.2 Å². The maximum atomic E-state index is 13.1. The van der Waals surface area contributed by atoms with Gasteiger partial charge in [0.1, 0.15) is 0 Å². The molecular weight excluding hydrogens is 414 g/mol. The van der Waals surface area contributed by atoms with E-state index in [1.807, 2.05) is 0 Å². The number of imidazole rings is 1. The molecule has 1 aliphatic heterocycles. The number of H-pyrrole nitrogens is 1. The molecule has 3 heterocycles. The third kappa shape index (κ3) is 4.05. The zero-order chi connectivity index (χ0) is 22.9. The van der Waals surface area contributed by atoms with Gasteiger partial charge in [-0.15, -0.1) is 6.42 Å². The van der Waals surface area contributed by atoms with Crippen LogP contribution in [-0.4, -0.2) is 56.3 Å². The van der Waals surface area contributed by atoms with Crippen LogP contribution in [-0.2, 0) is 35.1 Å². The quantitative estimate of drug-likeness (QED) is 0.438. The van der Waals surface area contributed by atoms with Crippen molar-refractivity contribution < 1.29 is 28.6 Å². The van der Waals surface area contributed by atoms with E-state index in [2.05, 4.69) is 25.9 Å². The lowest BCUT2D eigenvalue weighted by Gasteiger charge is -2.19. The van der Waals surface area contributed by atoms with Gasteiger partial charge in [-0.1, -0.05) is 5.92 Å². The molecule has 0 radical (unpaired) electrons. The molecule has 13 nitrogen and oxygen atoms in total.